The van der Waals surface area contributed by atoms with Crippen LogP contribution >= 0.6 is 23.2 Å². The van der Waals surface area contributed by atoms with E-state index in [0.29, 0.717) is 15.7 Å². The van der Waals surface area contributed by atoms with Gasteiger partial charge in [-0.1, -0.05) is 29.3 Å². The first-order valence-corrected chi connectivity index (χ1v) is 5.87. The van der Waals surface area contributed by atoms with Crippen LogP contribution in [-0.2, 0) is 4.74 Å². The number of ether oxygens (including phenoxy) is 1. The average Bonchev–Trinajstić information content (AvgIpc) is 2.37. The van der Waals surface area contributed by atoms with Gasteiger partial charge in [-0.2, -0.15) is 0 Å². The highest BCUT2D eigenvalue weighted by atomic mass is 35.5. The number of pyridine rings is 1. The second kappa shape index (κ2) is 5.38. The number of hydrogen-bond donors (Lipinski definition) is 0. The summed E-state index contributed by atoms with van der Waals surface area (Å²) in [6.45, 7) is 0. The van der Waals surface area contributed by atoms with Crippen molar-refractivity contribution in [1.29, 1.82) is 0 Å². The summed E-state index contributed by atoms with van der Waals surface area (Å²) in [7, 11) is 1.31. The third-order valence-electron chi connectivity index (χ3n) is 2.30. The summed E-state index contributed by atoms with van der Waals surface area (Å²) in [6, 6.07) is 10.2. The topological polar surface area (TPSA) is 39.2 Å². The van der Waals surface area contributed by atoms with Crippen molar-refractivity contribution in [3.63, 3.8) is 0 Å². The molecule has 0 saturated heterocycles. The zero-order valence-electron chi connectivity index (χ0n) is 9.48. The molecular weight excluding hydrogens is 273 g/mol. The maximum Gasteiger partial charge on any atom is 0.356 e. The lowest BCUT2D eigenvalue weighted by Gasteiger charge is -2.04. The molecule has 0 bridgehead atoms. The number of halogens is 2. The zero-order chi connectivity index (χ0) is 13.1. The van der Waals surface area contributed by atoms with Crippen LogP contribution in [0.5, 0.6) is 0 Å². The molecule has 1 aromatic heterocycles. The Morgan fingerprint density at radius 2 is 1.83 bits per heavy atom. The van der Waals surface area contributed by atoms with Gasteiger partial charge >= 0.3 is 5.97 Å². The van der Waals surface area contributed by atoms with E-state index in [9.17, 15) is 4.79 Å². The van der Waals surface area contributed by atoms with Crippen LogP contribution in [0.1, 0.15) is 10.5 Å². The molecule has 1 aromatic carbocycles. The summed E-state index contributed by atoms with van der Waals surface area (Å²) >= 11 is 11.9. The molecule has 1 heterocycles. The molecule has 92 valence electrons. The van der Waals surface area contributed by atoms with Crippen molar-refractivity contribution in [2.75, 3.05) is 7.11 Å². The van der Waals surface area contributed by atoms with Gasteiger partial charge in [-0.25, -0.2) is 9.78 Å². The molecule has 0 aliphatic heterocycles. The van der Waals surface area contributed by atoms with E-state index in [-0.39, 0.29) is 5.69 Å². The lowest BCUT2D eigenvalue weighted by molar-refractivity contribution is 0.0594. The fourth-order valence-corrected chi connectivity index (χ4v) is 2.04. The molecule has 3 nitrogen and oxygen atoms in total. The van der Waals surface area contributed by atoms with Crippen LogP contribution in [0.25, 0.3) is 11.3 Å². The van der Waals surface area contributed by atoms with Gasteiger partial charge in [-0.3, -0.25) is 0 Å². The molecule has 18 heavy (non-hydrogen) atoms. The van der Waals surface area contributed by atoms with Gasteiger partial charge in [-0.15, -0.1) is 0 Å². The minimum Gasteiger partial charge on any atom is -0.464 e. The SMILES string of the molecule is COC(=O)c1cccc(-c2cc(Cl)cc(Cl)c2)n1. The number of rotatable bonds is 2. The molecule has 0 N–H and O–H groups in total. The van der Waals surface area contributed by atoms with Crippen molar-refractivity contribution in [2.24, 2.45) is 0 Å². The monoisotopic (exact) mass is 281 g/mol. The summed E-state index contributed by atoms with van der Waals surface area (Å²) in [5.41, 5.74) is 1.60. The number of aromatic nitrogens is 1. The van der Waals surface area contributed by atoms with Gasteiger partial charge in [0.25, 0.3) is 0 Å². The van der Waals surface area contributed by atoms with Gasteiger partial charge in [-0.05, 0) is 30.3 Å². The minimum absolute atomic E-state index is 0.242. The first-order chi connectivity index (χ1) is 8.60. The normalized spacial score (nSPS) is 10.2. The second-order valence-electron chi connectivity index (χ2n) is 3.56. The molecule has 2 aromatic rings. The first kappa shape index (κ1) is 12.9. The van der Waals surface area contributed by atoms with Crippen molar-refractivity contribution in [3.05, 3.63) is 52.1 Å². The highest BCUT2D eigenvalue weighted by Gasteiger charge is 2.09. The van der Waals surface area contributed by atoms with E-state index in [0.717, 1.165) is 5.56 Å². The zero-order valence-corrected chi connectivity index (χ0v) is 11.0. The van der Waals surface area contributed by atoms with Gasteiger partial charge < -0.3 is 4.74 Å². The molecule has 0 aliphatic rings. The first-order valence-electron chi connectivity index (χ1n) is 5.12. The highest BCUT2D eigenvalue weighted by Crippen LogP contribution is 2.26. The summed E-state index contributed by atoms with van der Waals surface area (Å²) < 4.78 is 4.62. The van der Waals surface area contributed by atoms with Crippen LogP contribution in [0.4, 0.5) is 0 Å². The molecule has 0 radical (unpaired) electrons. The Balaban J connectivity index is 2.47. The van der Waals surface area contributed by atoms with Crippen molar-refractivity contribution in [3.8, 4) is 11.3 Å². The predicted octanol–water partition coefficient (Wildman–Crippen LogP) is 3.84. The Morgan fingerprint density at radius 3 is 2.44 bits per heavy atom. The van der Waals surface area contributed by atoms with Gasteiger partial charge in [0.15, 0.2) is 0 Å². The number of methoxy groups -OCH3 is 1. The highest BCUT2D eigenvalue weighted by molar-refractivity contribution is 6.35. The van der Waals surface area contributed by atoms with Crippen LogP contribution < -0.4 is 0 Å². The molecule has 0 atom stereocenters. The smallest absolute Gasteiger partial charge is 0.356 e. The largest absolute Gasteiger partial charge is 0.464 e. The standard InChI is InChI=1S/C13H9Cl2NO2/c1-18-13(17)12-4-2-3-11(16-12)8-5-9(14)7-10(15)6-8/h2-7H,1H3. The van der Waals surface area contributed by atoms with Crippen LogP contribution in [-0.4, -0.2) is 18.1 Å². The van der Waals surface area contributed by atoms with Gasteiger partial charge in [0.1, 0.15) is 5.69 Å². The average molecular weight is 282 g/mol. The Labute approximate surface area is 114 Å². The van der Waals surface area contributed by atoms with Gasteiger partial charge in [0.2, 0.25) is 0 Å². The van der Waals surface area contributed by atoms with Crippen LogP contribution in [0, 0.1) is 0 Å². The van der Waals surface area contributed by atoms with Crippen LogP contribution in [0.15, 0.2) is 36.4 Å². The van der Waals surface area contributed by atoms with E-state index < -0.39 is 5.97 Å². The molecule has 0 amide bonds. The lowest BCUT2D eigenvalue weighted by Crippen LogP contribution is -2.04. The summed E-state index contributed by atoms with van der Waals surface area (Å²) in [6.07, 6.45) is 0. The Bertz CT molecular complexity index is 579. The van der Waals surface area contributed by atoms with Crippen LogP contribution in [0.3, 0.4) is 0 Å². The van der Waals surface area contributed by atoms with E-state index in [4.69, 9.17) is 23.2 Å². The fraction of sp³-hybridized carbons (Fsp3) is 0.0769. The number of benzene rings is 1. The third-order valence-corrected chi connectivity index (χ3v) is 2.74. The number of carbonyl (C=O) groups excluding carboxylic acids is 1. The minimum atomic E-state index is -0.482. The molecular formula is C13H9Cl2NO2. The maximum atomic E-state index is 11.4. The van der Waals surface area contributed by atoms with Gasteiger partial charge in [0.05, 0.1) is 12.8 Å². The molecule has 2 rings (SSSR count). The Kier molecular flexibility index (Phi) is 3.84. The summed E-state index contributed by atoms with van der Waals surface area (Å²) in [4.78, 5) is 15.6. The van der Waals surface area contributed by atoms with Crippen molar-refractivity contribution in [2.45, 2.75) is 0 Å². The predicted molar refractivity (Wildman–Crippen MR) is 71.0 cm³/mol. The van der Waals surface area contributed by atoms with Crippen molar-refractivity contribution >= 4 is 29.2 Å². The fourth-order valence-electron chi connectivity index (χ4n) is 1.52. The van der Waals surface area contributed by atoms with Crippen molar-refractivity contribution < 1.29 is 9.53 Å². The molecule has 5 heteroatoms. The quantitative estimate of drug-likeness (QED) is 0.785. The van der Waals surface area contributed by atoms with Crippen molar-refractivity contribution in [1.82, 2.24) is 4.98 Å². The van der Waals surface area contributed by atoms with E-state index in [2.05, 4.69) is 9.72 Å². The number of esters is 1. The summed E-state index contributed by atoms with van der Waals surface area (Å²) in [5.74, 6) is -0.482. The molecule has 0 saturated carbocycles. The number of hydrogen-bond acceptors (Lipinski definition) is 3. The Hall–Kier alpha value is -1.58. The second-order valence-corrected chi connectivity index (χ2v) is 4.43. The molecule has 0 spiro atoms. The number of carbonyl (C=O) groups is 1. The maximum absolute atomic E-state index is 11.4. The van der Waals surface area contributed by atoms with E-state index in [1.54, 1.807) is 36.4 Å². The lowest BCUT2D eigenvalue weighted by atomic mass is 10.1. The van der Waals surface area contributed by atoms with Gasteiger partial charge in [0, 0.05) is 15.6 Å². The number of nitrogens with zero attached hydrogens (tertiary/aromatic N) is 1. The van der Waals surface area contributed by atoms with E-state index in [1.165, 1.54) is 7.11 Å². The summed E-state index contributed by atoms with van der Waals surface area (Å²) in [5, 5.41) is 1.03. The molecule has 0 aliphatic carbocycles. The Morgan fingerprint density at radius 1 is 1.17 bits per heavy atom. The third kappa shape index (κ3) is 2.81. The van der Waals surface area contributed by atoms with Crippen LogP contribution in [0.2, 0.25) is 10.0 Å². The van der Waals surface area contributed by atoms with E-state index in [1.807, 2.05) is 0 Å². The van der Waals surface area contributed by atoms with E-state index >= 15 is 0 Å². The molecule has 0 fully saturated rings. The molecule has 0 unspecified atom stereocenters.